The van der Waals surface area contributed by atoms with Crippen molar-refractivity contribution in [3.05, 3.63) is 110 Å². The SMILES string of the molecule is CCCCP(CCCC)C(Cl)C(CC(Cl)=Cc1ccccc1)=C1N(c2c(C)cc(C)cc2C)CCN1c1c(C)cc(C)cc1C.[Ru]. The molecule has 0 saturated carbocycles. The Kier molecular flexibility index (Phi) is 15.4. The molecule has 1 aliphatic heterocycles. The van der Waals surface area contributed by atoms with Crippen LogP contribution in [0.3, 0.4) is 0 Å². The van der Waals surface area contributed by atoms with E-state index in [9.17, 15) is 0 Å². The van der Waals surface area contributed by atoms with Crippen molar-refractivity contribution >= 4 is 48.6 Å². The predicted molar refractivity (Wildman–Crippen MR) is 204 cm³/mol. The molecule has 250 valence electrons. The topological polar surface area (TPSA) is 6.48 Å². The van der Waals surface area contributed by atoms with E-state index in [1.807, 2.05) is 0 Å². The van der Waals surface area contributed by atoms with Crippen molar-refractivity contribution < 1.29 is 19.5 Å². The fourth-order valence-electron chi connectivity index (χ4n) is 7.05. The number of hydrogen-bond acceptors (Lipinski definition) is 2. The zero-order valence-corrected chi connectivity index (χ0v) is 33.3. The second kappa shape index (κ2) is 18.2. The smallest absolute Gasteiger partial charge is 0.114 e. The summed E-state index contributed by atoms with van der Waals surface area (Å²) in [5.41, 5.74) is 12.8. The molecule has 1 heterocycles. The third-order valence-corrected chi connectivity index (χ3v) is 12.9. The van der Waals surface area contributed by atoms with E-state index in [-0.39, 0.29) is 24.6 Å². The van der Waals surface area contributed by atoms with Gasteiger partial charge in [-0.05, 0) is 106 Å². The van der Waals surface area contributed by atoms with E-state index in [0.717, 1.165) is 23.7 Å². The molecule has 0 spiro atoms. The summed E-state index contributed by atoms with van der Waals surface area (Å²) in [6.45, 7) is 19.8. The van der Waals surface area contributed by atoms with Crippen LogP contribution in [0, 0.1) is 41.5 Å². The molecule has 1 unspecified atom stereocenters. The Morgan fingerprint density at radius 3 is 1.61 bits per heavy atom. The van der Waals surface area contributed by atoms with Crippen molar-refractivity contribution in [2.24, 2.45) is 0 Å². The fraction of sp³-hybridized carbons (Fsp3) is 0.450. The third-order valence-electron chi connectivity index (χ3n) is 8.84. The molecule has 0 N–H and O–H groups in total. The van der Waals surface area contributed by atoms with E-state index in [4.69, 9.17) is 23.2 Å². The van der Waals surface area contributed by atoms with Gasteiger partial charge in [0, 0.05) is 55.4 Å². The maximum atomic E-state index is 7.86. The number of nitrogens with zero attached hydrogens (tertiary/aromatic N) is 2. The molecule has 3 aromatic carbocycles. The van der Waals surface area contributed by atoms with Gasteiger partial charge in [-0.15, -0.1) is 11.6 Å². The summed E-state index contributed by atoms with van der Waals surface area (Å²) in [4.78, 5) is 5.15. The van der Waals surface area contributed by atoms with E-state index in [2.05, 4.69) is 126 Å². The molecular formula is C40H53Cl2N2PRu. The van der Waals surface area contributed by atoms with Crippen molar-refractivity contribution in [1.82, 2.24) is 0 Å². The minimum Gasteiger partial charge on any atom is -0.325 e. The van der Waals surface area contributed by atoms with Crippen LogP contribution < -0.4 is 9.80 Å². The number of anilines is 2. The molecule has 4 rings (SSSR count). The predicted octanol–water partition coefficient (Wildman–Crippen LogP) is 12.4. The van der Waals surface area contributed by atoms with Crippen LogP contribution in [0.5, 0.6) is 0 Å². The van der Waals surface area contributed by atoms with Crippen molar-refractivity contribution in [2.45, 2.75) is 92.6 Å². The second-order valence-electron chi connectivity index (χ2n) is 12.9. The minimum atomic E-state index is -0.427. The van der Waals surface area contributed by atoms with Gasteiger partial charge in [-0.3, -0.25) is 0 Å². The molecule has 0 aliphatic carbocycles. The number of benzene rings is 3. The van der Waals surface area contributed by atoms with Gasteiger partial charge in [-0.2, -0.15) is 0 Å². The van der Waals surface area contributed by atoms with Crippen molar-refractivity contribution in [3.63, 3.8) is 0 Å². The monoisotopic (exact) mass is 764 g/mol. The molecule has 1 aliphatic rings. The van der Waals surface area contributed by atoms with Crippen LogP contribution in [0.15, 0.2) is 71.0 Å². The number of alkyl halides is 1. The Hall–Kier alpha value is -1.63. The summed E-state index contributed by atoms with van der Waals surface area (Å²) in [6, 6.07) is 19.7. The standard InChI is InChI=1S/C40H53Cl2N2P.Ru/c1-9-11-20-45(21-12-10-2)39(42)36(27-35(41)26-34-16-14-13-15-17-34)40-43(37-30(5)22-28(3)23-31(37)6)18-19-44(40)38-32(7)24-29(4)25-33(38)8;/h13-17,22-26,39H,9-12,18-21,27H2,1-8H3;. The zero-order chi connectivity index (χ0) is 32.7. The first-order valence-electron chi connectivity index (χ1n) is 16.8. The molecule has 0 radical (unpaired) electrons. The van der Waals surface area contributed by atoms with Gasteiger partial charge < -0.3 is 9.80 Å². The van der Waals surface area contributed by atoms with Gasteiger partial charge >= 0.3 is 0 Å². The molecule has 0 amide bonds. The molecule has 3 aromatic rings. The van der Waals surface area contributed by atoms with Gasteiger partial charge in [0.25, 0.3) is 0 Å². The molecule has 0 bridgehead atoms. The number of halogens is 2. The summed E-state index contributed by atoms with van der Waals surface area (Å²) in [5, 5.41) is 0.767. The van der Waals surface area contributed by atoms with E-state index in [1.54, 1.807) is 0 Å². The van der Waals surface area contributed by atoms with Gasteiger partial charge in [0.05, 0.1) is 5.12 Å². The normalized spacial score (nSPS) is 14.2. The van der Waals surface area contributed by atoms with Crippen LogP contribution >= 0.6 is 31.1 Å². The number of aryl methyl sites for hydroxylation is 6. The molecular weight excluding hydrogens is 711 g/mol. The van der Waals surface area contributed by atoms with E-state index < -0.39 is 7.92 Å². The maximum Gasteiger partial charge on any atom is 0.114 e. The van der Waals surface area contributed by atoms with Crippen LogP contribution in [0.1, 0.15) is 84.9 Å². The van der Waals surface area contributed by atoms with Crippen molar-refractivity contribution in [1.29, 1.82) is 0 Å². The molecule has 2 nitrogen and oxygen atoms in total. The van der Waals surface area contributed by atoms with Crippen LogP contribution in [0.2, 0.25) is 0 Å². The molecule has 1 saturated heterocycles. The van der Waals surface area contributed by atoms with Gasteiger partial charge in [0.2, 0.25) is 0 Å². The molecule has 46 heavy (non-hydrogen) atoms. The van der Waals surface area contributed by atoms with Crippen LogP contribution in [0.4, 0.5) is 11.4 Å². The summed E-state index contributed by atoms with van der Waals surface area (Å²) in [5.74, 6) is 1.24. The average Bonchev–Trinajstić information content (AvgIpc) is 3.38. The van der Waals surface area contributed by atoms with E-state index in [1.165, 1.54) is 94.2 Å². The Balaban J connectivity index is 0.00000576. The van der Waals surface area contributed by atoms with E-state index >= 15 is 0 Å². The molecule has 1 atom stereocenters. The second-order valence-corrected chi connectivity index (χ2v) is 16.7. The summed E-state index contributed by atoms with van der Waals surface area (Å²) in [6.07, 6.45) is 9.97. The average molecular weight is 765 g/mol. The van der Waals surface area contributed by atoms with Crippen molar-refractivity contribution in [3.8, 4) is 0 Å². The third kappa shape index (κ3) is 9.50. The van der Waals surface area contributed by atoms with E-state index in [0.29, 0.717) is 6.42 Å². The van der Waals surface area contributed by atoms with Gasteiger partial charge in [-0.1, -0.05) is 112 Å². The number of unbranched alkanes of at least 4 members (excludes halogenated alkanes) is 2. The first-order valence-corrected chi connectivity index (χ1v) is 19.4. The number of hydrogen-bond donors (Lipinski definition) is 0. The Morgan fingerprint density at radius 2 is 1.20 bits per heavy atom. The Bertz CT molecular complexity index is 1400. The number of allylic oxidation sites excluding steroid dienone is 2. The summed E-state index contributed by atoms with van der Waals surface area (Å²) in [7, 11) is -0.427. The summed E-state index contributed by atoms with van der Waals surface area (Å²) >= 11 is 15.1. The maximum absolute atomic E-state index is 7.86. The molecule has 1 fully saturated rings. The number of rotatable bonds is 13. The first-order chi connectivity index (χ1) is 21.5. The largest absolute Gasteiger partial charge is 0.325 e. The van der Waals surface area contributed by atoms with Gasteiger partial charge in [0.15, 0.2) is 0 Å². The summed E-state index contributed by atoms with van der Waals surface area (Å²) < 4.78 is 0. The Morgan fingerprint density at radius 1 is 0.761 bits per heavy atom. The molecule has 0 aromatic heterocycles. The van der Waals surface area contributed by atoms with Crippen LogP contribution in [-0.2, 0) is 19.5 Å². The molecule has 6 heteroatoms. The van der Waals surface area contributed by atoms with Gasteiger partial charge in [0.1, 0.15) is 5.82 Å². The fourth-order valence-corrected chi connectivity index (χ4v) is 10.8. The Labute approximate surface area is 304 Å². The van der Waals surface area contributed by atoms with Crippen LogP contribution in [-0.4, -0.2) is 30.5 Å². The minimum absolute atomic E-state index is 0. The zero-order valence-electron chi connectivity index (χ0n) is 29.2. The van der Waals surface area contributed by atoms with Crippen LogP contribution in [0.25, 0.3) is 6.08 Å². The first kappa shape index (κ1) is 38.8. The van der Waals surface area contributed by atoms with Crippen molar-refractivity contribution in [2.75, 3.05) is 35.2 Å². The quantitative estimate of drug-likeness (QED) is 0.0972. The van der Waals surface area contributed by atoms with Gasteiger partial charge in [-0.25, -0.2) is 0 Å².